The van der Waals surface area contributed by atoms with Gasteiger partial charge in [0.25, 0.3) is 11.8 Å². The lowest BCUT2D eigenvalue weighted by molar-refractivity contribution is -0.119. The lowest BCUT2D eigenvalue weighted by atomic mass is 9.95. The Bertz CT molecular complexity index is 1380. The van der Waals surface area contributed by atoms with E-state index in [1.165, 1.54) is 17.5 Å². The number of pyridine rings is 1. The fourth-order valence-electron chi connectivity index (χ4n) is 3.84. The molecular weight excluding hydrogens is 474 g/mol. The molecular formula is C23H19N5O4S2. The van der Waals surface area contributed by atoms with Crippen LogP contribution in [-0.2, 0) is 22.4 Å². The van der Waals surface area contributed by atoms with Gasteiger partial charge in [0.2, 0.25) is 0 Å². The summed E-state index contributed by atoms with van der Waals surface area (Å²) in [5, 5.41) is 5.98. The monoisotopic (exact) mass is 493 g/mol. The second-order valence-corrected chi connectivity index (χ2v) is 9.31. The number of aryl methyl sites for hydroxylation is 1. The SMILES string of the molecule is O=C(COC(=O)c1c(NC(=O)c2cccnc2)sc2c1CCCC2)Nc1cccc2nsnc12. The van der Waals surface area contributed by atoms with E-state index in [0.717, 1.165) is 47.9 Å². The summed E-state index contributed by atoms with van der Waals surface area (Å²) in [5.41, 5.74) is 3.37. The van der Waals surface area contributed by atoms with Crippen molar-refractivity contribution < 1.29 is 19.1 Å². The van der Waals surface area contributed by atoms with Gasteiger partial charge in [-0.15, -0.1) is 11.3 Å². The number of benzene rings is 1. The first-order valence-electron chi connectivity index (χ1n) is 10.6. The van der Waals surface area contributed by atoms with Crippen molar-refractivity contribution in [3.05, 3.63) is 64.3 Å². The highest BCUT2D eigenvalue weighted by Crippen LogP contribution is 2.38. The van der Waals surface area contributed by atoms with Gasteiger partial charge in [-0.25, -0.2) is 4.79 Å². The van der Waals surface area contributed by atoms with Gasteiger partial charge in [-0.1, -0.05) is 6.07 Å². The third-order valence-corrected chi connectivity index (χ3v) is 7.17. The number of anilines is 2. The number of carbonyl (C=O) groups excluding carboxylic acids is 3. The smallest absolute Gasteiger partial charge is 0.341 e. The summed E-state index contributed by atoms with van der Waals surface area (Å²) in [4.78, 5) is 43.3. The summed E-state index contributed by atoms with van der Waals surface area (Å²) >= 11 is 2.44. The number of nitrogens with one attached hydrogen (secondary N) is 2. The Morgan fingerprint density at radius 1 is 1.03 bits per heavy atom. The first-order chi connectivity index (χ1) is 16.6. The van der Waals surface area contributed by atoms with E-state index in [9.17, 15) is 14.4 Å². The van der Waals surface area contributed by atoms with E-state index < -0.39 is 18.5 Å². The molecule has 0 unspecified atom stereocenters. The Morgan fingerprint density at radius 2 is 1.91 bits per heavy atom. The van der Waals surface area contributed by atoms with Crippen LogP contribution in [0.1, 0.15) is 44.0 Å². The fraction of sp³-hybridized carbons (Fsp3) is 0.217. The van der Waals surface area contributed by atoms with Gasteiger partial charge in [0.05, 0.1) is 28.5 Å². The van der Waals surface area contributed by atoms with Gasteiger partial charge in [0, 0.05) is 17.3 Å². The number of carbonyl (C=O) groups is 3. The van der Waals surface area contributed by atoms with E-state index in [1.54, 1.807) is 36.5 Å². The average molecular weight is 494 g/mol. The van der Waals surface area contributed by atoms with Crippen molar-refractivity contribution in [1.29, 1.82) is 0 Å². The van der Waals surface area contributed by atoms with Crippen molar-refractivity contribution in [1.82, 2.24) is 13.7 Å². The maximum Gasteiger partial charge on any atom is 0.341 e. The molecule has 0 saturated carbocycles. The molecule has 1 aliphatic carbocycles. The molecule has 1 aliphatic rings. The van der Waals surface area contributed by atoms with E-state index in [1.807, 2.05) is 0 Å². The van der Waals surface area contributed by atoms with Gasteiger partial charge < -0.3 is 15.4 Å². The van der Waals surface area contributed by atoms with Crippen LogP contribution in [0.4, 0.5) is 10.7 Å². The molecule has 0 bridgehead atoms. The summed E-state index contributed by atoms with van der Waals surface area (Å²) in [5.74, 6) is -1.48. The van der Waals surface area contributed by atoms with E-state index in [4.69, 9.17) is 4.74 Å². The standard InChI is InChI=1S/C23H19N5O4S2/c29-18(25-15-7-3-8-16-20(15)28-34-27-16)12-32-23(31)19-14-6-1-2-9-17(14)33-22(19)26-21(30)13-5-4-10-24-11-13/h3-5,7-8,10-11H,1-2,6,9,12H2,(H,25,29)(H,26,30). The van der Waals surface area contributed by atoms with Crippen molar-refractivity contribution in [2.24, 2.45) is 0 Å². The topological polar surface area (TPSA) is 123 Å². The largest absolute Gasteiger partial charge is 0.452 e. The molecule has 0 fully saturated rings. The molecule has 4 aromatic rings. The first-order valence-corrected chi connectivity index (χ1v) is 12.2. The molecule has 34 heavy (non-hydrogen) atoms. The van der Waals surface area contributed by atoms with Gasteiger partial charge in [0.15, 0.2) is 6.61 Å². The molecule has 0 spiro atoms. The quantitative estimate of drug-likeness (QED) is 0.388. The minimum atomic E-state index is -0.635. The van der Waals surface area contributed by atoms with Crippen LogP contribution in [0.5, 0.6) is 0 Å². The summed E-state index contributed by atoms with van der Waals surface area (Å²) < 4.78 is 13.7. The summed E-state index contributed by atoms with van der Waals surface area (Å²) in [6.07, 6.45) is 6.59. The Hall–Kier alpha value is -3.70. The van der Waals surface area contributed by atoms with Gasteiger partial charge in [-0.05, 0) is 55.5 Å². The maximum absolute atomic E-state index is 13.1. The highest BCUT2D eigenvalue weighted by atomic mass is 32.1. The molecule has 9 nitrogen and oxygen atoms in total. The zero-order chi connectivity index (χ0) is 23.5. The van der Waals surface area contributed by atoms with Crippen LogP contribution >= 0.6 is 23.1 Å². The van der Waals surface area contributed by atoms with E-state index in [-0.39, 0.29) is 5.91 Å². The number of hydrogen-bond donors (Lipinski definition) is 2. The van der Waals surface area contributed by atoms with Crippen LogP contribution in [-0.4, -0.2) is 38.1 Å². The van der Waals surface area contributed by atoms with Crippen molar-refractivity contribution in [3.63, 3.8) is 0 Å². The first kappa shape index (κ1) is 22.1. The number of ether oxygens (including phenoxy) is 1. The number of aromatic nitrogens is 3. The molecule has 5 rings (SSSR count). The van der Waals surface area contributed by atoms with E-state index >= 15 is 0 Å². The molecule has 0 aliphatic heterocycles. The van der Waals surface area contributed by atoms with Gasteiger partial charge in [-0.2, -0.15) is 8.75 Å². The molecule has 11 heteroatoms. The number of amides is 2. The van der Waals surface area contributed by atoms with Crippen LogP contribution in [0, 0.1) is 0 Å². The van der Waals surface area contributed by atoms with Crippen molar-refractivity contribution >= 4 is 62.6 Å². The lowest BCUT2D eigenvalue weighted by Gasteiger charge is -2.13. The van der Waals surface area contributed by atoms with Gasteiger partial charge in [0.1, 0.15) is 16.0 Å². The summed E-state index contributed by atoms with van der Waals surface area (Å²) in [6, 6.07) is 8.60. The number of nitrogens with zero attached hydrogens (tertiary/aromatic N) is 3. The molecule has 0 radical (unpaired) electrons. The van der Waals surface area contributed by atoms with E-state index in [2.05, 4.69) is 24.4 Å². The third-order valence-electron chi connectivity index (χ3n) is 5.42. The van der Waals surface area contributed by atoms with E-state index in [0.29, 0.717) is 32.8 Å². The van der Waals surface area contributed by atoms with Crippen molar-refractivity contribution in [2.45, 2.75) is 25.7 Å². The molecule has 3 aromatic heterocycles. The second kappa shape index (κ2) is 9.65. The average Bonchev–Trinajstić information content (AvgIpc) is 3.48. The second-order valence-electron chi connectivity index (χ2n) is 7.67. The number of hydrogen-bond acceptors (Lipinski definition) is 9. The molecule has 0 atom stereocenters. The van der Waals surface area contributed by atoms with Crippen molar-refractivity contribution in [3.8, 4) is 0 Å². The molecule has 2 N–H and O–H groups in total. The van der Waals surface area contributed by atoms with Crippen LogP contribution in [0.2, 0.25) is 0 Å². The fourth-order valence-corrected chi connectivity index (χ4v) is 5.66. The predicted molar refractivity (Wildman–Crippen MR) is 129 cm³/mol. The van der Waals surface area contributed by atoms with Crippen LogP contribution < -0.4 is 10.6 Å². The highest BCUT2D eigenvalue weighted by Gasteiger charge is 2.28. The highest BCUT2D eigenvalue weighted by molar-refractivity contribution is 7.17. The summed E-state index contributed by atoms with van der Waals surface area (Å²) in [6.45, 7) is -0.465. The molecule has 2 amide bonds. The number of esters is 1. The zero-order valence-corrected chi connectivity index (χ0v) is 19.5. The van der Waals surface area contributed by atoms with Crippen LogP contribution in [0.25, 0.3) is 11.0 Å². The molecule has 3 heterocycles. The predicted octanol–water partition coefficient (Wildman–Crippen LogP) is 4.07. The minimum absolute atomic E-state index is 0.329. The number of thiophene rings is 1. The lowest BCUT2D eigenvalue weighted by Crippen LogP contribution is -2.22. The number of rotatable bonds is 6. The van der Waals surface area contributed by atoms with Gasteiger partial charge >= 0.3 is 5.97 Å². The number of fused-ring (bicyclic) bond motifs is 2. The Labute approximate surface area is 202 Å². The Morgan fingerprint density at radius 3 is 2.76 bits per heavy atom. The molecule has 172 valence electrons. The van der Waals surface area contributed by atoms with Gasteiger partial charge in [-0.3, -0.25) is 14.6 Å². The zero-order valence-electron chi connectivity index (χ0n) is 17.9. The van der Waals surface area contributed by atoms with Crippen molar-refractivity contribution in [2.75, 3.05) is 17.2 Å². The van der Waals surface area contributed by atoms with Crippen LogP contribution in [0.3, 0.4) is 0 Å². The third kappa shape index (κ3) is 4.52. The van der Waals surface area contributed by atoms with Crippen LogP contribution in [0.15, 0.2) is 42.7 Å². The Kier molecular flexibility index (Phi) is 6.28. The molecule has 1 aromatic carbocycles. The normalized spacial score (nSPS) is 12.7. The Balaban J connectivity index is 1.31. The minimum Gasteiger partial charge on any atom is -0.452 e. The summed E-state index contributed by atoms with van der Waals surface area (Å²) in [7, 11) is 0. The maximum atomic E-state index is 13.1. The molecule has 0 saturated heterocycles.